The normalized spacial score (nSPS) is 11.5. The minimum absolute atomic E-state index is 0.0660. The third kappa shape index (κ3) is 3.54. The summed E-state index contributed by atoms with van der Waals surface area (Å²) < 4.78 is 33.9. The highest BCUT2D eigenvalue weighted by Gasteiger charge is 2.10. The first-order chi connectivity index (χ1) is 11.5. The van der Waals surface area contributed by atoms with Crippen LogP contribution in [-0.2, 0) is 0 Å². The maximum Gasteiger partial charge on any atom is 0.387 e. The quantitative estimate of drug-likeness (QED) is 0.507. The predicted octanol–water partition coefficient (Wildman–Crippen LogP) is 4.51. The molecule has 0 radical (unpaired) electrons. The fraction of sp³-hybridized carbons (Fsp3) is 0.0625. The smallest absolute Gasteiger partial charge is 0.387 e. The first kappa shape index (κ1) is 15.6. The Hall–Kier alpha value is -3.29. The fourth-order valence-corrected chi connectivity index (χ4v) is 2.05. The Morgan fingerprint density at radius 2 is 1.92 bits per heavy atom. The van der Waals surface area contributed by atoms with E-state index >= 15 is 0 Å². The van der Waals surface area contributed by atoms with Crippen LogP contribution in [-0.4, -0.2) is 16.5 Å². The number of alkyl halides is 2. The Morgan fingerprint density at radius 1 is 1.17 bits per heavy atom. The summed E-state index contributed by atoms with van der Waals surface area (Å²) in [6.07, 6.45) is 3.25. The zero-order chi connectivity index (χ0) is 17.1. The number of non-ortho nitro benzene ring substituents is 1. The zero-order valence-corrected chi connectivity index (χ0v) is 12.1. The lowest BCUT2D eigenvalue weighted by Gasteiger charge is -2.03. The van der Waals surface area contributed by atoms with Gasteiger partial charge in [0.15, 0.2) is 5.58 Å². The van der Waals surface area contributed by atoms with Crippen molar-refractivity contribution in [2.24, 2.45) is 0 Å². The topological polar surface area (TPSA) is 78.4 Å². The molecule has 6 nitrogen and oxygen atoms in total. The summed E-state index contributed by atoms with van der Waals surface area (Å²) in [4.78, 5) is 14.4. The highest BCUT2D eigenvalue weighted by molar-refractivity contribution is 5.78. The fourth-order valence-electron chi connectivity index (χ4n) is 2.05. The van der Waals surface area contributed by atoms with Crippen LogP contribution < -0.4 is 4.74 Å². The van der Waals surface area contributed by atoms with Crippen molar-refractivity contribution in [3.63, 3.8) is 0 Å². The highest BCUT2D eigenvalue weighted by Crippen LogP contribution is 2.22. The molecule has 8 heteroatoms. The van der Waals surface area contributed by atoms with Crippen LogP contribution in [0.1, 0.15) is 11.5 Å². The molecular formula is C16H10F2N2O4. The largest absolute Gasteiger partial charge is 0.437 e. The first-order valence-electron chi connectivity index (χ1n) is 6.79. The van der Waals surface area contributed by atoms with E-state index in [1.54, 1.807) is 24.3 Å². The molecule has 2 aromatic carbocycles. The maximum atomic E-state index is 12.1. The molecule has 0 bridgehead atoms. The Balaban J connectivity index is 1.78. The molecule has 1 aromatic heterocycles. The van der Waals surface area contributed by atoms with Crippen molar-refractivity contribution in [2.75, 3.05) is 0 Å². The van der Waals surface area contributed by atoms with E-state index in [9.17, 15) is 18.9 Å². The summed E-state index contributed by atoms with van der Waals surface area (Å²) in [5.41, 5.74) is 1.47. The molecule has 0 aliphatic heterocycles. The monoisotopic (exact) mass is 332 g/mol. The van der Waals surface area contributed by atoms with Crippen LogP contribution in [0.2, 0.25) is 0 Å². The molecule has 0 spiro atoms. The van der Waals surface area contributed by atoms with Crippen LogP contribution in [0.15, 0.2) is 46.9 Å². The van der Waals surface area contributed by atoms with Crippen molar-refractivity contribution in [3.8, 4) is 5.75 Å². The van der Waals surface area contributed by atoms with E-state index in [2.05, 4.69) is 9.72 Å². The number of rotatable bonds is 5. The van der Waals surface area contributed by atoms with E-state index in [-0.39, 0.29) is 17.3 Å². The Labute approximate surface area is 134 Å². The summed E-state index contributed by atoms with van der Waals surface area (Å²) in [6.45, 7) is -2.87. The number of nitrogens with zero attached hydrogens (tertiary/aromatic N) is 2. The van der Waals surface area contributed by atoms with Gasteiger partial charge in [-0.3, -0.25) is 10.1 Å². The molecule has 3 rings (SSSR count). The number of aromatic nitrogens is 1. The molecule has 122 valence electrons. The van der Waals surface area contributed by atoms with Crippen LogP contribution in [0.3, 0.4) is 0 Å². The van der Waals surface area contributed by atoms with E-state index in [0.717, 1.165) is 5.56 Å². The van der Waals surface area contributed by atoms with Gasteiger partial charge in [0.2, 0.25) is 5.89 Å². The van der Waals surface area contributed by atoms with Crippen LogP contribution in [0.4, 0.5) is 14.5 Å². The predicted molar refractivity (Wildman–Crippen MR) is 82.7 cm³/mol. The van der Waals surface area contributed by atoms with E-state index < -0.39 is 11.5 Å². The number of benzene rings is 2. The molecular weight excluding hydrogens is 322 g/mol. The van der Waals surface area contributed by atoms with Crippen molar-refractivity contribution in [2.45, 2.75) is 6.61 Å². The van der Waals surface area contributed by atoms with E-state index in [0.29, 0.717) is 11.1 Å². The minimum atomic E-state index is -2.87. The van der Waals surface area contributed by atoms with Gasteiger partial charge in [0.05, 0.1) is 4.92 Å². The number of hydrogen-bond donors (Lipinski definition) is 0. The van der Waals surface area contributed by atoms with Gasteiger partial charge in [-0.25, -0.2) is 4.98 Å². The third-order valence-corrected chi connectivity index (χ3v) is 3.12. The molecule has 0 saturated heterocycles. The van der Waals surface area contributed by atoms with Gasteiger partial charge in [-0.1, -0.05) is 12.1 Å². The van der Waals surface area contributed by atoms with Gasteiger partial charge in [-0.2, -0.15) is 8.78 Å². The lowest BCUT2D eigenvalue weighted by Crippen LogP contribution is -2.01. The Bertz CT molecular complexity index is 904. The Kier molecular flexibility index (Phi) is 4.19. The number of fused-ring (bicyclic) bond motifs is 1. The first-order valence-corrected chi connectivity index (χ1v) is 6.79. The van der Waals surface area contributed by atoms with E-state index in [4.69, 9.17) is 4.42 Å². The van der Waals surface area contributed by atoms with Crippen molar-refractivity contribution >= 4 is 28.9 Å². The summed E-state index contributed by atoms with van der Waals surface area (Å²) in [5, 5.41) is 10.7. The van der Waals surface area contributed by atoms with Crippen LogP contribution >= 0.6 is 0 Å². The number of ether oxygens (including phenoxy) is 1. The molecule has 0 aliphatic carbocycles. The van der Waals surface area contributed by atoms with E-state index in [1.165, 1.54) is 30.3 Å². The summed E-state index contributed by atoms with van der Waals surface area (Å²) in [7, 11) is 0. The van der Waals surface area contributed by atoms with Gasteiger partial charge in [0.1, 0.15) is 11.3 Å². The maximum absolute atomic E-state index is 12.1. The number of hydrogen-bond acceptors (Lipinski definition) is 5. The Morgan fingerprint density at radius 3 is 2.58 bits per heavy atom. The average Bonchev–Trinajstić information content (AvgIpc) is 2.95. The van der Waals surface area contributed by atoms with Gasteiger partial charge in [-0.05, 0) is 29.8 Å². The minimum Gasteiger partial charge on any atom is -0.437 e. The molecule has 0 unspecified atom stereocenters. The molecule has 0 amide bonds. The third-order valence-electron chi connectivity index (χ3n) is 3.12. The highest BCUT2D eigenvalue weighted by atomic mass is 19.3. The molecule has 0 saturated carbocycles. The second-order valence-corrected chi connectivity index (χ2v) is 4.74. The molecule has 3 aromatic rings. The number of halogens is 2. The molecule has 0 aliphatic rings. The van der Waals surface area contributed by atoms with Gasteiger partial charge < -0.3 is 9.15 Å². The van der Waals surface area contributed by atoms with Gasteiger partial charge in [0.25, 0.3) is 5.69 Å². The standard InChI is InChI=1S/C16H10F2N2O4/c17-16(18)23-12-5-1-10(2-6-12)3-8-15-19-13-9-11(20(21)22)4-7-14(13)24-15/h1-9,16H/b8-3+. The second kappa shape index (κ2) is 6.45. The van der Waals surface area contributed by atoms with Gasteiger partial charge in [0, 0.05) is 18.2 Å². The summed E-state index contributed by atoms with van der Waals surface area (Å²) in [5.74, 6) is 0.342. The van der Waals surface area contributed by atoms with Crippen molar-refractivity contribution < 1.29 is 22.9 Å². The van der Waals surface area contributed by atoms with Gasteiger partial charge >= 0.3 is 6.61 Å². The molecule has 0 atom stereocenters. The average molecular weight is 332 g/mol. The number of nitro benzene ring substituents is 1. The molecule has 1 heterocycles. The van der Waals surface area contributed by atoms with Crippen molar-refractivity contribution in [1.29, 1.82) is 0 Å². The second-order valence-electron chi connectivity index (χ2n) is 4.74. The number of nitro groups is 1. The van der Waals surface area contributed by atoms with Crippen LogP contribution in [0.5, 0.6) is 5.75 Å². The molecule has 0 N–H and O–H groups in total. The zero-order valence-electron chi connectivity index (χ0n) is 12.1. The van der Waals surface area contributed by atoms with Crippen molar-refractivity contribution in [3.05, 3.63) is 64.0 Å². The summed E-state index contributed by atoms with van der Waals surface area (Å²) in [6, 6.07) is 10.2. The van der Waals surface area contributed by atoms with Gasteiger partial charge in [-0.15, -0.1) is 0 Å². The van der Waals surface area contributed by atoms with Crippen LogP contribution in [0.25, 0.3) is 23.3 Å². The van der Waals surface area contributed by atoms with Crippen molar-refractivity contribution in [1.82, 2.24) is 4.98 Å². The SMILES string of the molecule is O=[N+]([O-])c1ccc2oc(/C=C/c3ccc(OC(F)F)cc3)nc2c1. The molecule has 24 heavy (non-hydrogen) atoms. The molecule has 0 fully saturated rings. The summed E-state index contributed by atoms with van der Waals surface area (Å²) >= 11 is 0. The lowest BCUT2D eigenvalue weighted by molar-refractivity contribution is -0.384. The van der Waals surface area contributed by atoms with Crippen LogP contribution in [0, 0.1) is 10.1 Å². The lowest BCUT2D eigenvalue weighted by atomic mass is 10.2. The number of oxazole rings is 1. The van der Waals surface area contributed by atoms with E-state index in [1.807, 2.05) is 0 Å².